The summed E-state index contributed by atoms with van der Waals surface area (Å²) < 4.78 is 0. The van der Waals surface area contributed by atoms with Gasteiger partial charge in [-0.3, -0.25) is 9.59 Å². The number of nitriles is 1. The number of hydrogen-bond donors (Lipinski definition) is 1. The van der Waals surface area contributed by atoms with Crippen molar-refractivity contribution in [1.82, 2.24) is 4.98 Å². The van der Waals surface area contributed by atoms with Crippen LogP contribution in [0, 0.1) is 11.3 Å². The molecule has 0 spiro atoms. The molecule has 0 amide bonds. The van der Waals surface area contributed by atoms with Crippen LogP contribution in [-0.2, 0) is 18.3 Å². The number of carbonyl (C=O) groups is 1. The second kappa shape index (κ2) is 7.20. The van der Waals surface area contributed by atoms with Gasteiger partial charge in [0.15, 0.2) is 5.78 Å². The molecule has 0 saturated heterocycles. The Morgan fingerprint density at radius 2 is 1.96 bits per heavy atom. The monoisotopic (exact) mass is 358 g/mol. The maximum Gasteiger partial charge on any atom is 0.251 e. The zero-order valence-corrected chi connectivity index (χ0v) is 15.8. The van der Waals surface area contributed by atoms with E-state index in [0.717, 1.165) is 27.6 Å². The van der Waals surface area contributed by atoms with Gasteiger partial charge in [0.2, 0.25) is 0 Å². The smallest absolute Gasteiger partial charge is 0.251 e. The Morgan fingerprint density at radius 1 is 1.19 bits per heavy atom. The van der Waals surface area contributed by atoms with Crippen LogP contribution in [0.3, 0.4) is 0 Å². The first kappa shape index (κ1) is 18.6. The SMILES string of the molecule is CCc1cc2ccc(C(C)(C#N)Cc3cccc(C(C)=O)c3)cc2[nH]c1=O. The quantitative estimate of drug-likeness (QED) is 0.690. The topological polar surface area (TPSA) is 73.7 Å². The fourth-order valence-corrected chi connectivity index (χ4v) is 3.37. The van der Waals surface area contributed by atoms with Gasteiger partial charge in [-0.1, -0.05) is 37.3 Å². The number of nitrogens with one attached hydrogen (secondary N) is 1. The van der Waals surface area contributed by atoms with E-state index < -0.39 is 5.41 Å². The number of aromatic amines is 1. The third kappa shape index (κ3) is 3.68. The summed E-state index contributed by atoms with van der Waals surface area (Å²) in [6.07, 6.45) is 1.16. The van der Waals surface area contributed by atoms with Crippen LogP contribution in [0.25, 0.3) is 10.9 Å². The Balaban J connectivity index is 2.03. The van der Waals surface area contributed by atoms with Gasteiger partial charge < -0.3 is 4.98 Å². The average molecular weight is 358 g/mol. The summed E-state index contributed by atoms with van der Waals surface area (Å²) >= 11 is 0. The number of aryl methyl sites for hydroxylation is 1. The van der Waals surface area contributed by atoms with Crippen LogP contribution in [0.2, 0.25) is 0 Å². The van der Waals surface area contributed by atoms with E-state index in [1.807, 2.05) is 56.3 Å². The van der Waals surface area contributed by atoms with Gasteiger partial charge >= 0.3 is 0 Å². The molecular weight excluding hydrogens is 336 g/mol. The lowest BCUT2D eigenvalue weighted by Crippen LogP contribution is -2.23. The number of H-pyrrole nitrogens is 1. The Morgan fingerprint density at radius 3 is 2.63 bits per heavy atom. The fourth-order valence-electron chi connectivity index (χ4n) is 3.37. The van der Waals surface area contributed by atoms with E-state index in [0.29, 0.717) is 18.4 Å². The number of Topliss-reactive ketones (excluding diaryl/α,β-unsaturated/α-hetero) is 1. The van der Waals surface area contributed by atoms with E-state index >= 15 is 0 Å². The summed E-state index contributed by atoms with van der Waals surface area (Å²) in [5.41, 5.74) is 3.03. The molecule has 27 heavy (non-hydrogen) atoms. The summed E-state index contributed by atoms with van der Waals surface area (Å²) in [6.45, 7) is 5.37. The zero-order valence-electron chi connectivity index (χ0n) is 15.8. The van der Waals surface area contributed by atoms with Crippen molar-refractivity contribution in [2.45, 2.75) is 39.0 Å². The lowest BCUT2D eigenvalue weighted by Gasteiger charge is -2.23. The standard InChI is InChI=1S/C23H22N2O2/c1-4-17-11-19-8-9-20(12-21(19)25-22(17)27)23(3,14-24)13-16-6-5-7-18(10-16)15(2)26/h5-12H,4,13H2,1-3H3,(H,25,27). The first-order chi connectivity index (χ1) is 12.9. The molecule has 0 radical (unpaired) electrons. The highest BCUT2D eigenvalue weighted by Crippen LogP contribution is 2.30. The Kier molecular flexibility index (Phi) is 4.96. The Labute approximate surface area is 158 Å². The third-order valence-electron chi connectivity index (χ3n) is 5.08. The van der Waals surface area contributed by atoms with Crippen molar-refractivity contribution < 1.29 is 4.79 Å². The fraction of sp³-hybridized carbons (Fsp3) is 0.261. The highest BCUT2D eigenvalue weighted by Gasteiger charge is 2.27. The Hall–Kier alpha value is -3.19. The molecule has 0 aliphatic rings. The van der Waals surface area contributed by atoms with Crippen molar-refractivity contribution in [3.8, 4) is 6.07 Å². The first-order valence-corrected chi connectivity index (χ1v) is 9.04. The molecule has 0 bridgehead atoms. The van der Waals surface area contributed by atoms with Gasteiger partial charge in [0.1, 0.15) is 0 Å². The molecule has 136 valence electrons. The van der Waals surface area contributed by atoms with Gasteiger partial charge in [-0.25, -0.2) is 0 Å². The number of ketones is 1. The second-order valence-corrected chi connectivity index (χ2v) is 7.16. The van der Waals surface area contributed by atoms with Crippen molar-refractivity contribution >= 4 is 16.7 Å². The van der Waals surface area contributed by atoms with Gasteiger partial charge in [0.05, 0.1) is 11.5 Å². The number of benzene rings is 2. The van der Waals surface area contributed by atoms with E-state index in [1.165, 1.54) is 6.92 Å². The molecule has 2 aromatic carbocycles. The summed E-state index contributed by atoms with van der Waals surface area (Å²) in [5, 5.41) is 10.9. The Bertz CT molecular complexity index is 1120. The molecule has 0 saturated carbocycles. The first-order valence-electron chi connectivity index (χ1n) is 9.04. The van der Waals surface area contributed by atoms with Crippen molar-refractivity contribution in [2.24, 2.45) is 0 Å². The summed E-state index contributed by atoms with van der Waals surface area (Å²) in [4.78, 5) is 26.7. The van der Waals surface area contributed by atoms with Crippen LogP contribution in [0.15, 0.2) is 53.3 Å². The van der Waals surface area contributed by atoms with Gasteiger partial charge in [0.25, 0.3) is 5.56 Å². The number of nitrogens with zero attached hydrogens (tertiary/aromatic N) is 1. The van der Waals surface area contributed by atoms with Crippen LogP contribution in [0.4, 0.5) is 0 Å². The zero-order chi connectivity index (χ0) is 19.6. The third-order valence-corrected chi connectivity index (χ3v) is 5.08. The molecule has 1 aromatic heterocycles. The van der Waals surface area contributed by atoms with Crippen LogP contribution < -0.4 is 5.56 Å². The molecule has 1 heterocycles. The molecule has 1 unspecified atom stereocenters. The normalized spacial score (nSPS) is 13.1. The van der Waals surface area contributed by atoms with Crippen molar-refractivity contribution in [3.05, 3.63) is 81.1 Å². The van der Waals surface area contributed by atoms with Gasteiger partial charge in [-0.2, -0.15) is 5.26 Å². The van der Waals surface area contributed by atoms with Crippen LogP contribution in [0.1, 0.15) is 47.8 Å². The number of rotatable bonds is 5. The number of aromatic nitrogens is 1. The minimum Gasteiger partial charge on any atom is -0.322 e. The predicted molar refractivity (Wildman–Crippen MR) is 107 cm³/mol. The lowest BCUT2D eigenvalue weighted by molar-refractivity contribution is 0.101. The molecular formula is C23H22N2O2. The molecule has 4 nitrogen and oxygen atoms in total. The summed E-state index contributed by atoms with van der Waals surface area (Å²) in [5.74, 6) is 0.00511. The van der Waals surface area contributed by atoms with Crippen molar-refractivity contribution in [1.29, 1.82) is 5.26 Å². The molecule has 0 fully saturated rings. The maximum absolute atomic E-state index is 12.1. The lowest BCUT2D eigenvalue weighted by atomic mass is 9.78. The molecule has 0 aliphatic heterocycles. The van der Waals surface area contributed by atoms with E-state index in [4.69, 9.17) is 0 Å². The minimum atomic E-state index is -0.774. The van der Waals surface area contributed by atoms with E-state index in [9.17, 15) is 14.9 Å². The minimum absolute atomic E-state index is 0.00511. The molecule has 1 atom stereocenters. The van der Waals surface area contributed by atoms with Gasteiger partial charge in [-0.15, -0.1) is 0 Å². The highest BCUT2D eigenvalue weighted by atomic mass is 16.1. The van der Waals surface area contributed by atoms with Crippen LogP contribution >= 0.6 is 0 Å². The largest absolute Gasteiger partial charge is 0.322 e. The van der Waals surface area contributed by atoms with E-state index in [2.05, 4.69) is 11.1 Å². The molecule has 3 aromatic rings. The van der Waals surface area contributed by atoms with Gasteiger partial charge in [0, 0.05) is 16.6 Å². The van der Waals surface area contributed by atoms with Crippen molar-refractivity contribution in [2.75, 3.05) is 0 Å². The highest BCUT2D eigenvalue weighted by molar-refractivity contribution is 5.94. The second-order valence-electron chi connectivity index (χ2n) is 7.16. The molecule has 1 N–H and O–H groups in total. The maximum atomic E-state index is 12.1. The average Bonchev–Trinajstić information content (AvgIpc) is 2.67. The van der Waals surface area contributed by atoms with E-state index in [1.54, 1.807) is 6.07 Å². The van der Waals surface area contributed by atoms with Crippen molar-refractivity contribution in [3.63, 3.8) is 0 Å². The van der Waals surface area contributed by atoms with E-state index in [-0.39, 0.29) is 11.3 Å². The molecule has 3 rings (SSSR count). The number of hydrogen-bond acceptors (Lipinski definition) is 3. The van der Waals surface area contributed by atoms with Crippen LogP contribution in [-0.4, -0.2) is 10.8 Å². The number of fused-ring (bicyclic) bond motifs is 1. The molecule has 0 aliphatic carbocycles. The van der Waals surface area contributed by atoms with Gasteiger partial charge in [-0.05, 0) is 61.4 Å². The number of carbonyl (C=O) groups excluding carboxylic acids is 1. The summed E-state index contributed by atoms with van der Waals surface area (Å²) in [7, 11) is 0. The number of pyridine rings is 1. The molecule has 4 heteroatoms. The van der Waals surface area contributed by atoms with Crippen LogP contribution in [0.5, 0.6) is 0 Å². The predicted octanol–water partition coefficient (Wildman–Crippen LogP) is 4.32. The summed E-state index contributed by atoms with van der Waals surface area (Å²) in [6, 6.07) is 17.5.